The highest BCUT2D eigenvalue weighted by atomic mass is 16.5. The molecule has 3 atom stereocenters. The normalized spacial score (nSPS) is 23.5. The molecule has 2 aromatic carbocycles. The molecule has 0 saturated heterocycles. The molecule has 2 aromatic rings. The van der Waals surface area contributed by atoms with Gasteiger partial charge < -0.3 is 19.3 Å². The van der Waals surface area contributed by atoms with E-state index in [2.05, 4.69) is 0 Å². The first-order chi connectivity index (χ1) is 14.3. The fourth-order valence-corrected chi connectivity index (χ4v) is 3.93. The molecule has 1 saturated carbocycles. The Morgan fingerprint density at radius 2 is 1.47 bits per heavy atom. The summed E-state index contributed by atoms with van der Waals surface area (Å²) < 4.78 is 15.0. The number of esters is 1. The lowest BCUT2D eigenvalue weighted by Crippen LogP contribution is -2.48. The quantitative estimate of drug-likeness (QED) is 0.442. The summed E-state index contributed by atoms with van der Waals surface area (Å²) in [5.41, 5.74) is -0.783. The second kappa shape index (κ2) is 8.67. The number of benzene rings is 2. The molecule has 0 aliphatic heterocycles. The Labute approximate surface area is 174 Å². The van der Waals surface area contributed by atoms with Gasteiger partial charge in [-0.2, -0.15) is 0 Å². The van der Waals surface area contributed by atoms with Crippen LogP contribution in [0.4, 0.5) is 0 Å². The van der Waals surface area contributed by atoms with E-state index in [-0.39, 0.29) is 12.8 Å². The van der Waals surface area contributed by atoms with Crippen LogP contribution >= 0.6 is 0 Å². The maximum Gasteiger partial charge on any atom is 0.316 e. The van der Waals surface area contributed by atoms with Gasteiger partial charge in [-0.05, 0) is 48.4 Å². The third kappa shape index (κ3) is 4.07. The largest absolute Gasteiger partial charge is 0.497 e. The number of rotatable bonds is 6. The fraction of sp³-hybridized carbons (Fsp3) is 0.348. The van der Waals surface area contributed by atoms with E-state index in [1.807, 2.05) is 0 Å². The lowest BCUT2D eigenvalue weighted by Gasteiger charge is -2.39. The summed E-state index contributed by atoms with van der Waals surface area (Å²) in [6.07, 6.45) is -0.374. The van der Waals surface area contributed by atoms with Gasteiger partial charge in [0.25, 0.3) is 0 Å². The Balaban J connectivity index is 1.99. The zero-order valence-corrected chi connectivity index (χ0v) is 17.1. The summed E-state index contributed by atoms with van der Waals surface area (Å²) >= 11 is 0. The first-order valence-electron chi connectivity index (χ1n) is 9.48. The van der Waals surface area contributed by atoms with Crippen LogP contribution in [0.15, 0.2) is 48.5 Å². The summed E-state index contributed by atoms with van der Waals surface area (Å²) in [4.78, 5) is 38.5. The molecule has 0 heterocycles. The molecular formula is C23H24O7. The number of hydrogen-bond acceptors (Lipinski definition) is 7. The van der Waals surface area contributed by atoms with Crippen molar-refractivity contribution in [1.29, 1.82) is 0 Å². The number of ether oxygens (including phenoxy) is 3. The molecule has 1 N–H and O–H groups in total. The number of ketones is 2. The summed E-state index contributed by atoms with van der Waals surface area (Å²) in [5.74, 6) is -2.86. The van der Waals surface area contributed by atoms with Crippen LogP contribution in [0, 0.1) is 11.8 Å². The summed E-state index contributed by atoms with van der Waals surface area (Å²) in [6, 6.07) is 13.0. The Morgan fingerprint density at radius 1 is 0.933 bits per heavy atom. The van der Waals surface area contributed by atoms with Crippen LogP contribution in [0.25, 0.3) is 0 Å². The number of aliphatic hydroxyl groups is 1. The minimum atomic E-state index is -1.58. The molecule has 3 rings (SSSR count). The van der Waals surface area contributed by atoms with Crippen molar-refractivity contribution in [3.63, 3.8) is 0 Å². The van der Waals surface area contributed by atoms with Gasteiger partial charge in [-0.25, -0.2) is 0 Å². The molecule has 30 heavy (non-hydrogen) atoms. The average Bonchev–Trinajstić information content (AvgIpc) is 2.77. The van der Waals surface area contributed by atoms with Gasteiger partial charge in [-0.15, -0.1) is 0 Å². The molecule has 0 radical (unpaired) electrons. The molecule has 1 aliphatic rings. The summed E-state index contributed by atoms with van der Waals surface area (Å²) in [6.45, 7) is 0. The van der Waals surface area contributed by atoms with E-state index in [4.69, 9.17) is 14.2 Å². The molecule has 0 amide bonds. The van der Waals surface area contributed by atoms with Gasteiger partial charge in [-0.1, -0.05) is 12.1 Å². The Kier molecular flexibility index (Phi) is 6.22. The second-order valence-corrected chi connectivity index (χ2v) is 7.31. The molecule has 1 fully saturated rings. The predicted octanol–water partition coefficient (Wildman–Crippen LogP) is 2.54. The van der Waals surface area contributed by atoms with Crippen LogP contribution in [-0.4, -0.2) is 44.0 Å². The Hall–Kier alpha value is -3.19. The summed E-state index contributed by atoms with van der Waals surface area (Å²) in [7, 11) is 4.21. The van der Waals surface area contributed by atoms with Gasteiger partial charge in [0.2, 0.25) is 0 Å². The van der Waals surface area contributed by atoms with E-state index in [0.717, 1.165) is 0 Å². The van der Waals surface area contributed by atoms with E-state index >= 15 is 0 Å². The molecule has 0 aromatic heterocycles. The van der Waals surface area contributed by atoms with Crippen molar-refractivity contribution in [3.05, 3.63) is 59.7 Å². The minimum absolute atomic E-state index is 0.0876. The third-order valence-corrected chi connectivity index (χ3v) is 5.57. The number of carbonyl (C=O) groups is 3. The first-order valence-corrected chi connectivity index (χ1v) is 9.48. The molecule has 158 valence electrons. The zero-order chi connectivity index (χ0) is 21.9. The maximum absolute atomic E-state index is 13.3. The van der Waals surface area contributed by atoms with Crippen molar-refractivity contribution in [2.45, 2.75) is 18.4 Å². The van der Waals surface area contributed by atoms with Gasteiger partial charge >= 0.3 is 5.97 Å². The molecule has 7 nitrogen and oxygen atoms in total. The number of methoxy groups -OCH3 is 3. The Morgan fingerprint density at radius 3 is 1.97 bits per heavy atom. The molecule has 1 aliphatic carbocycles. The minimum Gasteiger partial charge on any atom is -0.497 e. The highest BCUT2D eigenvalue weighted by Gasteiger charge is 2.51. The van der Waals surface area contributed by atoms with Crippen molar-refractivity contribution in [2.24, 2.45) is 11.8 Å². The van der Waals surface area contributed by atoms with Crippen molar-refractivity contribution < 1.29 is 33.7 Å². The molecule has 7 heteroatoms. The van der Waals surface area contributed by atoms with E-state index < -0.39 is 35.0 Å². The predicted molar refractivity (Wildman–Crippen MR) is 107 cm³/mol. The van der Waals surface area contributed by atoms with Crippen molar-refractivity contribution in [1.82, 2.24) is 0 Å². The maximum atomic E-state index is 13.3. The van der Waals surface area contributed by atoms with E-state index in [0.29, 0.717) is 22.6 Å². The Bertz CT molecular complexity index is 933. The zero-order valence-electron chi connectivity index (χ0n) is 17.1. The van der Waals surface area contributed by atoms with Gasteiger partial charge in [0.1, 0.15) is 17.4 Å². The van der Waals surface area contributed by atoms with Crippen LogP contribution < -0.4 is 9.47 Å². The van der Waals surface area contributed by atoms with Crippen LogP contribution in [0.5, 0.6) is 11.5 Å². The third-order valence-electron chi connectivity index (χ3n) is 5.57. The monoisotopic (exact) mass is 412 g/mol. The fourth-order valence-electron chi connectivity index (χ4n) is 3.93. The average molecular weight is 412 g/mol. The van der Waals surface area contributed by atoms with Gasteiger partial charge in [0.05, 0.1) is 26.9 Å². The van der Waals surface area contributed by atoms with Crippen molar-refractivity contribution in [3.8, 4) is 11.5 Å². The highest BCUT2D eigenvalue weighted by molar-refractivity contribution is 6.08. The molecular weight excluding hydrogens is 388 g/mol. The van der Waals surface area contributed by atoms with Crippen LogP contribution in [0.1, 0.15) is 28.8 Å². The molecule has 0 spiro atoms. The topological polar surface area (TPSA) is 99.1 Å². The molecule has 0 bridgehead atoms. The summed E-state index contributed by atoms with van der Waals surface area (Å²) in [5, 5.41) is 11.3. The van der Waals surface area contributed by atoms with Crippen LogP contribution in [-0.2, 0) is 19.9 Å². The van der Waals surface area contributed by atoms with Gasteiger partial charge in [-0.3, -0.25) is 14.4 Å². The lowest BCUT2D eigenvalue weighted by molar-refractivity contribution is -0.157. The van der Waals surface area contributed by atoms with E-state index in [9.17, 15) is 19.5 Å². The van der Waals surface area contributed by atoms with E-state index in [1.54, 1.807) is 48.5 Å². The second-order valence-electron chi connectivity index (χ2n) is 7.31. The first kappa shape index (κ1) is 21.5. The van der Waals surface area contributed by atoms with Crippen LogP contribution in [0.3, 0.4) is 0 Å². The number of Topliss-reactive ketones (excluding diaryl/α,β-unsaturated/α-hetero) is 2. The van der Waals surface area contributed by atoms with Crippen molar-refractivity contribution in [2.75, 3.05) is 21.3 Å². The molecule has 0 unspecified atom stereocenters. The smallest absolute Gasteiger partial charge is 0.316 e. The van der Waals surface area contributed by atoms with Gasteiger partial charge in [0, 0.05) is 17.9 Å². The van der Waals surface area contributed by atoms with Gasteiger partial charge in [0.15, 0.2) is 11.6 Å². The van der Waals surface area contributed by atoms with Crippen LogP contribution in [0.2, 0.25) is 0 Å². The van der Waals surface area contributed by atoms with Crippen molar-refractivity contribution >= 4 is 17.5 Å². The SMILES string of the molecule is COC(=O)[C@H]1C(=O)C[C@](O)(c2ccc(OC)cc2)C[C@@H]1C(=O)c1ccc(OC)cc1. The number of carbonyl (C=O) groups excluding carboxylic acids is 3. The standard InChI is InChI=1S/C23H24O7/c1-28-16-8-4-14(5-9-16)21(25)18-12-23(27,13-19(24)20(18)22(26)30-3)15-6-10-17(29-2)11-7-15/h4-11,18,20,27H,12-13H2,1-3H3/t18-,20+,23-/m0/s1. The number of hydrogen-bond donors (Lipinski definition) is 1. The highest BCUT2D eigenvalue weighted by Crippen LogP contribution is 2.43. The van der Waals surface area contributed by atoms with E-state index in [1.165, 1.54) is 21.3 Å². The lowest BCUT2D eigenvalue weighted by atomic mass is 9.66.